The number of methoxy groups -OCH3 is 1. The van der Waals surface area contributed by atoms with Gasteiger partial charge in [-0.2, -0.15) is 0 Å². The topological polar surface area (TPSA) is 102 Å². The van der Waals surface area contributed by atoms with Gasteiger partial charge in [-0.1, -0.05) is 11.8 Å². The van der Waals surface area contributed by atoms with Crippen LogP contribution in [-0.4, -0.2) is 52.6 Å². The summed E-state index contributed by atoms with van der Waals surface area (Å²) in [6, 6.07) is 5.43. The minimum atomic E-state index is -0.471. The maximum atomic E-state index is 12.5. The van der Waals surface area contributed by atoms with Crippen molar-refractivity contribution in [1.82, 2.24) is 14.8 Å². The van der Waals surface area contributed by atoms with Crippen LogP contribution in [0.15, 0.2) is 39.4 Å². The lowest BCUT2D eigenvalue weighted by molar-refractivity contribution is -0.113. The molecular weight excluding hydrogens is 426 g/mol. The first-order valence-corrected chi connectivity index (χ1v) is 11.3. The third-order valence-corrected chi connectivity index (χ3v) is 6.48. The van der Waals surface area contributed by atoms with E-state index in [1.807, 2.05) is 16.7 Å². The highest BCUT2D eigenvalue weighted by Crippen LogP contribution is 2.27. The number of thiophene rings is 1. The minimum Gasteiger partial charge on any atom is -0.467 e. The minimum absolute atomic E-state index is 0.132. The van der Waals surface area contributed by atoms with Gasteiger partial charge in [-0.05, 0) is 36.4 Å². The summed E-state index contributed by atoms with van der Waals surface area (Å²) in [6.07, 6.45) is 3.89. The second kappa shape index (κ2) is 9.35. The molecule has 0 spiro atoms. The summed E-state index contributed by atoms with van der Waals surface area (Å²) in [5, 5.41) is 13.8. The number of amides is 1. The molecule has 1 aliphatic heterocycles. The Morgan fingerprint density at radius 2 is 2.13 bits per heavy atom. The van der Waals surface area contributed by atoms with Gasteiger partial charge in [0.05, 0.1) is 31.4 Å². The number of esters is 1. The van der Waals surface area contributed by atoms with Crippen molar-refractivity contribution in [2.45, 2.75) is 24.5 Å². The Bertz CT molecular complexity index is 1010. The Morgan fingerprint density at radius 1 is 1.30 bits per heavy atom. The highest BCUT2D eigenvalue weighted by Gasteiger charge is 2.23. The first kappa shape index (κ1) is 20.5. The molecule has 1 saturated heterocycles. The molecule has 1 N–H and O–H groups in total. The van der Waals surface area contributed by atoms with E-state index in [1.54, 1.807) is 17.7 Å². The molecular formula is C19H21N5O4S2. The summed E-state index contributed by atoms with van der Waals surface area (Å²) < 4.78 is 12.2. The largest absolute Gasteiger partial charge is 0.467 e. The summed E-state index contributed by atoms with van der Waals surface area (Å²) in [6.45, 7) is 2.37. The molecule has 0 saturated carbocycles. The Hall–Kier alpha value is -2.79. The lowest BCUT2D eigenvalue weighted by atomic mass is 10.4. The van der Waals surface area contributed by atoms with Crippen molar-refractivity contribution in [3.8, 4) is 0 Å². The van der Waals surface area contributed by atoms with E-state index in [1.165, 1.54) is 30.2 Å². The SMILES string of the molecule is COC(=O)c1sccc1NC(=O)CSc1nnc(N2CCCC2)n1Cc1ccco1. The maximum absolute atomic E-state index is 12.5. The summed E-state index contributed by atoms with van der Waals surface area (Å²) >= 11 is 2.52. The standard InChI is InChI=1S/C19H21N5O4S2/c1-27-17(26)16-14(6-10-29-16)20-15(25)12-30-19-22-21-18(23-7-2-3-8-23)24(19)11-13-5-4-9-28-13/h4-6,9-10H,2-3,7-8,11-12H2,1H3,(H,20,25). The average Bonchev–Trinajstić information content (AvgIpc) is 3.53. The zero-order chi connectivity index (χ0) is 20.9. The van der Waals surface area contributed by atoms with Crippen LogP contribution in [-0.2, 0) is 16.1 Å². The fraction of sp³-hybridized carbons (Fsp3) is 0.368. The molecule has 0 aromatic carbocycles. The summed E-state index contributed by atoms with van der Waals surface area (Å²) in [5.41, 5.74) is 0.451. The van der Waals surface area contributed by atoms with Crippen molar-refractivity contribution < 1.29 is 18.7 Å². The number of furan rings is 1. The number of carbonyl (C=O) groups is 2. The van der Waals surface area contributed by atoms with Crippen LogP contribution in [0.25, 0.3) is 0 Å². The van der Waals surface area contributed by atoms with Crippen molar-refractivity contribution in [1.29, 1.82) is 0 Å². The fourth-order valence-electron chi connectivity index (χ4n) is 3.21. The molecule has 4 heterocycles. The van der Waals surface area contributed by atoms with Crippen LogP contribution in [0.3, 0.4) is 0 Å². The molecule has 0 aliphatic carbocycles. The van der Waals surface area contributed by atoms with Gasteiger partial charge in [0, 0.05) is 13.1 Å². The Morgan fingerprint density at radius 3 is 2.87 bits per heavy atom. The summed E-state index contributed by atoms with van der Waals surface area (Å²) in [7, 11) is 1.31. The van der Waals surface area contributed by atoms with Crippen molar-refractivity contribution in [3.05, 3.63) is 40.5 Å². The van der Waals surface area contributed by atoms with Gasteiger partial charge >= 0.3 is 5.97 Å². The number of ether oxygens (including phenoxy) is 1. The second-order valence-electron chi connectivity index (χ2n) is 6.63. The molecule has 30 heavy (non-hydrogen) atoms. The van der Waals surface area contributed by atoms with Gasteiger partial charge in [-0.25, -0.2) is 4.79 Å². The van der Waals surface area contributed by atoms with Crippen molar-refractivity contribution in [2.24, 2.45) is 0 Å². The van der Waals surface area contributed by atoms with Gasteiger partial charge < -0.3 is 19.4 Å². The molecule has 1 amide bonds. The van der Waals surface area contributed by atoms with Crippen LogP contribution in [0, 0.1) is 0 Å². The quantitative estimate of drug-likeness (QED) is 0.415. The highest BCUT2D eigenvalue weighted by molar-refractivity contribution is 7.99. The number of hydrogen-bond acceptors (Lipinski definition) is 9. The zero-order valence-corrected chi connectivity index (χ0v) is 18.0. The van der Waals surface area contributed by atoms with Crippen LogP contribution < -0.4 is 10.2 Å². The van der Waals surface area contributed by atoms with E-state index in [0.29, 0.717) is 22.3 Å². The molecule has 3 aromatic heterocycles. The first-order valence-electron chi connectivity index (χ1n) is 9.44. The molecule has 1 aliphatic rings. The third-order valence-electron chi connectivity index (χ3n) is 4.62. The molecule has 9 nitrogen and oxygen atoms in total. The average molecular weight is 448 g/mol. The van der Waals surface area contributed by atoms with Crippen LogP contribution in [0.1, 0.15) is 28.3 Å². The molecule has 0 bridgehead atoms. The number of thioether (sulfide) groups is 1. The molecule has 11 heteroatoms. The monoisotopic (exact) mass is 447 g/mol. The van der Waals surface area contributed by atoms with Crippen molar-refractivity contribution in [3.63, 3.8) is 0 Å². The predicted molar refractivity (Wildman–Crippen MR) is 114 cm³/mol. The van der Waals surface area contributed by atoms with Gasteiger partial charge in [-0.3, -0.25) is 9.36 Å². The van der Waals surface area contributed by atoms with E-state index in [4.69, 9.17) is 9.15 Å². The van der Waals surface area contributed by atoms with Gasteiger partial charge in [-0.15, -0.1) is 21.5 Å². The number of rotatable bonds is 8. The fourth-order valence-corrected chi connectivity index (χ4v) is 4.71. The Balaban J connectivity index is 1.45. The third kappa shape index (κ3) is 4.51. The van der Waals surface area contributed by atoms with E-state index < -0.39 is 5.97 Å². The normalized spacial score (nSPS) is 13.6. The number of nitrogens with one attached hydrogen (secondary N) is 1. The first-order chi connectivity index (χ1) is 14.7. The van der Waals surface area contributed by atoms with Gasteiger partial charge in [0.25, 0.3) is 0 Å². The van der Waals surface area contributed by atoms with Crippen molar-refractivity contribution in [2.75, 3.05) is 36.2 Å². The zero-order valence-electron chi connectivity index (χ0n) is 16.4. The van der Waals surface area contributed by atoms with E-state index in [0.717, 1.165) is 37.6 Å². The molecule has 0 radical (unpaired) electrons. The summed E-state index contributed by atoms with van der Waals surface area (Å²) in [4.78, 5) is 26.8. The van der Waals surface area contributed by atoms with E-state index >= 15 is 0 Å². The molecule has 4 rings (SSSR count). The second-order valence-corrected chi connectivity index (χ2v) is 8.49. The molecule has 3 aromatic rings. The van der Waals surface area contributed by atoms with Crippen LogP contribution >= 0.6 is 23.1 Å². The highest BCUT2D eigenvalue weighted by atomic mass is 32.2. The van der Waals surface area contributed by atoms with Crippen molar-refractivity contribution >= 4 is 46.6 Å². The van der Waals surface area contributed by atoms with Crippen LogP contribution in [0.2, 0.25) is 0 Å². The lowest BCUT2D eigenvalue weighted by Crippen LogP contribution is -2.23. The van der Waals surface area contributed by atoms with Crippen LogP contribution in [0.4, 0.5) is 11.6 Å². The number of anilines is 2. The molecule has 158 valence electrons. The maximum Gasteiger partial charge on any atom is 0.350 e. The predicted octanol–water partition coefficient (Wildman–Crippen LogP) is 3.10. The Labute approximate surface area is 181 Å². The van der Waals surface area contributed by atoms with Gasteiger partial charge in [0.2, 0.25) is 11.9 Å². The van der Waals surface area contributed by atoms with Crippen LogP contribution in [0.5, 0.6) is 0 Å². The van der Waals surface area contributed by atoms with E-state index in [2.05, 4.69) is 20.4 Å². The van der Waals surface area contributed by atoms with Gasteiger partial charge in [0.15, 0.2) is 5.16 Å². The molecule has 1 fully saturated rings. The Kier molecular flexibility index (Phi) is 6.38. The lowest BCUT2D eigenvalue weighted by Gasteiger charge is -2.17. The number of carbonyl (C=O) groups excluding carboxylic acids is 2. The smallest absolute Gasteiger partial charge is 0.350 e. The molecule has 0 atom stereocenters. The molecule has 0 unspecified atom stereocenters. The summed E-state index contributed by atoms with van der Waals surface area (Å²) in [5.74, 6) is 1.01. The number of hydrogen-bond donors (Lipinski definition) is 1. The number of nitrogens with zero attached hydrogens (tertiary/aromatic N) is 4. The van der Waals surface area contributed by atoms with E-state index in [-0.39, 0.29) is 11.7 Å². The number of aromatic nitrogens is 3. The van der Waals surface area contributed by atoms with Gasteiger partial charge in [0.1, 0.15) is 10.6 Å². The van der Waals surface area contributed by atoms with E-state index in [9.17, 15) is 9.59 Å².